The van der Waals surface area contributed by atoms with Gasteiger partial charge in [0.2, 0.25) is 5.65 Å². The molecule has 0 aliphatic rings. The Morgan fingerprint density at radius 1 is 1.32 bits per heavy atom. The van der Waals surface area contributed by atoms with Crippen molar-refractivity contribution in [2.24, 2.45) is 0 Å². The van der Waals surface area contributed by atoms with Crippen LogP contribution in [0.15, 0.2) is 24.5 Å². The average Bonchev–Trinajstić information content (AvgIpc) is 2.87. The van der Waals surface area contributed by atoms with Crippen LogP contribution in [0.5, 0.6) is 5.75 Å². The Morgan fingerprint density at radius 2 is 2.16 bits per heavy atom. The maximum absolute atomic E-state index is 5.24. The molecule has 3 aromatic rings. The average molecular weight is 257 g/mol. The van der Waals surface area contributed by atoms with Crippen molar-refractivity contribution in [3.05, 3.63) is 24.5 Å². The van der Waals surface area contributed by atoms with Gasteiger partial charge in [-0.2, -0.15) is 0 Å². The zero-order valence-electron chi connectivity index (χ0n) is 11.1. The second kappa shape index (κ2) is 4.38. The fraction of sp³-hybridized carbons (Fsp3) is 0.308. The summed E-state index contributed by atoms with van der Waals surface area (Å²) in [6.07, 6.45) is 1.69. The van der Waals surface area contributed by atoms with E-state index in [1.54, 1.807) is 13.4 Å². The number of benzene rings is 1. The van der Waals surface area contributed by atoms with E-state index in [2.05, 4.69) is 34.3 Å². The number of nitrogens with one attached hydrogen (secondary N) is 1. The Morgan fingerprint density at radius 3 is 2.89 bits per heavy atom. The minimum absolute atomic E-state index is 0.274. The number of ether oxygens (including phenoxy) is 1. The summed E-state index contributed by atoms with van der Waals surface area (Å²) in [4.78, 5) is 4.61. The van der Waals surface area contributed by atoms with E-state index in [9.17, 15) is 0 Å². The first-order valence-corrected chi connectivity index (χ1v) is 6.13. The molecule has 2 heterocycles. The highest BCUT2D eigenvalue weighted by molar-refractivity contribution is 5.83. The molecule has 6 heteroatoms. The fourth-order valence-electron chi connectivity index (χ4n) is 2.04. The Kier molecular flexibility index (Phi) is 2.70. The van der Waals surface area contributed by atoms with Crippen LogP contribution < -0.4 is 10.1 Å². The van der Waals surface area contributed by atoms with Gasteiger partial charge in [0.25, 0.3) is 0 Å². The van der Waals surface area contributed by atoms with Crippen molar-refractivity contribution in [3.8, 4) is 5.75 Å². The monoisotopic (exact) mass is 257 g/mol. The highest BCUT2D eigenvalue weighted by Gasteiger charge is 2.11. The maximum Gasteiger partial charge on any atom is 0.203 e. The van der Waals surface area contributed by atoms with E-state index in [0.29, 0.717) is 0 Å². The number of fused-ring (bicyclic) bond motifs is 3. The molecule has 1 N–H and O–H groups in total. The summed E-state index contributed by atoms with van der Waals surface area (Å²) in [7, 11) is 1.64. The summed E-state index contributed by atoms with van der Waals surface area (Å²) in [5.41, 5.74) is 2.52. The molecule has 0 saturated carbocycles. The molecule has 3 rings (SSSR count). The van der Waals surface area contributed by atoms with Crippen molar-refractivity contribution in [2.75, 3.05) is 12.4 Å². The van der Waals surface area contributed by atoms with Gasteiger partial charge in [-0.15, -0.1) is 10.2 Å². The van der Waals surface area contributed by atoms with Gasteiger partial charge in [-0.3, -0.25) is 4.40 Å². The molecule has 98 valence electrons. The molecule has 1 aromatic carbocycles. The molecule has 6 nitrogen and oxygen atoms in total. The van der Waals surface area contributed by atoms with Crippen LogP contribution in [0.2, 0.25) is 0 Å². The summed E-state index contributed by atoms with van der Waals surface area (Å²) < 4.78 is 7.16. The molecule has 0 radical (unpaired) electrons. The standard InChI is InChI=1S/C13H15N5O/c1-8(2)15-12-13-17-14-7-18(13)11-5-4-9(19-3)6-10(11)16-12/h4-8H,1-3H3,(H,15,16). The summed E-state index contributed by atoms with van der Waals surface area (Å²) in [6, 6.07) is 6.03. The van der Waals surface area contributed by atoms with Crippen LogP contribution in [0.1, 0.15) is 13.8 Å². The molecular formula is C13H15N5O. The van der Waals surface area contributed by atoms with Gasteiger partial charge < -0.3 is 10.1 Å². The minimum Gasteiger partial charge on any atom is -0.497 e. The van der Waals surface area contributed by atoms with Crippen LogP contribution in [-0.4, -0.2) is 32.7 Å². The summed E-state index contributed by atoms with van der Waals surface area (Å²) >= 11 is 0. The van der Waals surface area contributed by atoms with Gasteiger partial charge in [0.15, 0.2) is 5.82 Å². The Bertz CT molecular complexity index is 734. The molecule has 0 bridgehead atoms. The Balaban J connectivity index is 2.31. The number of aromatic nitrogens is 4. The number of anilines is 1. The van der Waals surface area contributed by atoms with E-state index < -0.39 is 0 Å². The molecule has 0 aliphatic heterocycles. The van der Waals surface area contributed by atoms with Gasteiger partial charge in [-0.1, -0.05) is 0 Å². The predicted octanol–water partition coefficient (Wildman–Crippen LogP) is 2.11. The van der Waals surface area contributed by atoms with Crippen LogP contribution in [0.3, 0.4) is 0 Å². The SMILES string of the molecule is COc1ccc2c(c1)nc(NC(C)C)c1nncn12. The summed E-state index contributed by atoms with van der Waals surface area (Å²) in [6.45, 7) is 4.12. The molecule has 0 aliphatic carbocycles. The van der Waals surface area contributed by atoms with Gasteiger partial charge in [-0.05, 0) is 26.0 Å². The highest BCUT2D eigenvalue weighted by atomic mass is 16.5. The van der Waals surface area contributed by atoms with E-state index in [4.69, 9.17) is 4.74 Å². The lowest BCUT2D eigenvalue weighted by molar-refractivity contribution is 0.415. The molecular weight excluding hydrogens is 242 g/mol. The lowest BCUT2D eigenvalue weighted by Gasteiger charge is -2.11. The smallest absolute Gasteiger partial charge is 0.203 e. The van der Waals surface area contributed by atoms with Crippen molar-refractivity contribution in [1.82, 2.24) is 19.6 Å². The number of methoxy groups -OCH3 is 1. The molecule has 0 amide bonds. The molecule has 0 saturated heterocycles. The third kappa shape index (κ3) is 1.95. The molecule has 2 aromatic heterocycles. The third-order valence-electron chi connectivity index (χ3n) is 2.86. The largest absolute Gasteiger partial charge is 0.497 e. The number of hydrogen-bond acceptors (Lipinski definition) is 5. The van der Waals surface area contributed by atoms with E-state index in [1.165, 1.54) is 0 Å². The lowest BCUT2D eigenvalue weighted by atomic mass is 10.2. The van der Waals surface area contributed by atoms with Gasteiger partial charge in [-0.25, -0.2) is 4.98 Å². The minimum atomic E-state index is 0.274. The van der Waals surface area contributed by atoms with Gasteiger partial charge >= 0.3 is 0 Å². The zero-order valence-corrected chi connectivity index (χ0v) is 11.1. The highest BCUT2D eigenvalue weighted by Crippen LogP contribution is 2.23. The zero-order chi connectivity index (χ0) is 13.4. The first kappa shape index (κ1) is 11.7. The summed E-state index contributed by atoms with van der Waals surface area (Å²) in [5.74, 6) is 1.51. The van der Waals surface area contributed by atoms with E-state index >= 15 is 0 Å². The molecule has 0 atom stereocenters. The van der Waals surface area contributed by atoms with E-state index in [0.717, 1.165) is 28.2 Å². The number of rotatable bonds is 3. The van der Waals surface area contributed by atoms with Crippen molar-refractivity contribution < 1.29 is 4.74 Å². The lowest BCUT2D eigenvalue weighted by Crippen LogP contribution is -2.12. The number of nitrogens with zero attached hydrogens (tertiary/aromatic N) is 4. The van der Waals surface area contributed by atoms with Crippen LogP contribution in [0, 0.1) is 0 Å². The molecule has 0 fully saturated rings. The number of hydrogen-bond donors (Lipinski definition) is 1. The van der Waals surface area contributed by atoms with Gasteiger partial charge in [0.1, 0.15) is 12.1 Å². The molecule has 0 spiro atoms. The van der Waals surface area contributed by atoms with Crippen molar-refractivity contribution in [2.45, 2.75) is 19.9 Å². The first-order valence-electron chi connectivity index (χ1n) is 6.13. The van der Waals surface area contributed by atoms with Crippen LogP contribution in [0.25, 0.3) is 16.7 Å². The maximum atomic E-state index is 5.24. The third-order valence-corrected chi connectivity index (χ3v) is 2.86. The Hall–Kier alpha value is -2.37. The molecule has 19 heavy (non-hydrogen) atoms. The van der Waals surface area contributed by atoms with Crippen LogP contribution in [0.4, 0.5) is 5.82 Å². The van der Waals surface area contributed by atoms with Crippen molar-refractivity contribution in [3.63, 3.8) is 0 Å². The van der Waals surface area contributed by atoms with E-state index in [-0.39, 0.29) is 6.04 Å². The van der Waals surface area contributed by atoms with Crippen LogP contribution in [-0.2, 0) is 0 Å². The summed E-state index contributed by atoms with van der Waals surface area (Å²) in [5, 5.41) is 11.4. The normalized spacial score (nSPS) is 11.4. The first-order chi connectivity index (χ1) is 9.19. The van der Waals surface area contributed by atoms with Gasteiger partial charge in [0.05, 0.1) is 18.1 Å². The second-order valence-electron chi connectivity index (χ2n) is 4.64. The van der Waals surface area contributed by atoms with E-state index in [1.807, 2.05) is 22.6 Å². The molecule has 0 unspecified atom stereocenters. The topological polar surface area (TPSA) is 64.3 Å². The Labute approximate surface area is 110 Å². The van der Waals surface area contributed by atoms with Crippen molar-refractivity contribution in [1.29, 1.82) is 0 Å². The predicted molar refractivity (Wildman–Crippen MR) is 73.6 cm³/mol. The quantitative estimate of drug-likeness (QED) is 0.778. The van der Waals surface area contributed by atoms with Crippen molar-refractivity contribution >= 4 is 22.5 Å². The fourth-order valence-corrected chi connectivity index (χ4v) is 2.04. The second-order valence-corrected chi connectivity index (χ2v) is 4.64. The van der Waals surface area contributed by atoms with Crippen LogP contribution >= 0.6 is 0 Å². The van der Waals surface area contributed by atoms with Gasteiger partial charge in [0, 0.05) is 12.1 Å².